The number of alkyl halides is 3. The maximum absolute atomic E-state index is 13.0. The lowest BCUT2D eigenvalue weighted by atomic mass is 10.0. The highest BCUT2D eigenvalue weighted by molar-refractivity contribution is 7.99. The Morgan fingerprint density at radius 3 is 2.82 bits per heavy atom. The molecule has 0 radical (unpaired) electrons. The molecule has 1 atom stereocenters. The van der Waals surface area contributed by atoms with E-state index in [-0.39, 0.29) is 23.0 Å². The lowest BCUT2D eigenvalue weighted by Crippen LogP contribution is -2.30. The van der Waals surface area contributed by atoms with E-state index < -0.39 is 11.7 Å². The second-order valence-corrected chi connectivity index (χ2v) is 6.84. The predicted molar refractivity (Wildman–Crippen MR) is 99.3 cm³/mol. The summed E-state index contributed by atoms with van der Waals surface area (Å²) in [5.41, 5.74) is 3.36. The van der Waals surface area contributed by atoms with Crippen LogP contribution in [0, 0.1) is 0 Å². The number of methoxy groups -OCH3 is 1. The monoisotopic (exact) mass is 413 g/mol. The third kappa shape index (κ3) is 4.11. The van der Waals surface area contributed by atoms with Crippen molar-refractivity contribution < 1.29 is 27.4 Å². The number of benzene rings is 1. The van der Waals surface area contributed by atoms with Crippen molar-refractivity contribution in [1.29, 1.82) is 0 Å². The van der Waals surface area contributed by atoms with Gasteiger partial charge in [-0.25, -0.2) is 0 Å². The number of hydrogen-bond donors (Lipinski definition) is 1. The van der Waals surface area contributed by atoms with E-state index >= 15 is 0 Å². The van der Waals surface area contributed by atoms with Crippen LogP contribution in [0.2, 0.25) is 0 Å². The van der Waals surface area contributed by atoms with Gasteiger partial charge in [-0.15, -0.1) is 11.8 Å². The zero-order valence-corrected chi connectivity index (χ0v) is 15.9. The molecule has 1 aromatic carbocycles. The number of thioether (sulfide) groups is 1. The largest absolute Gasteiger partial charge is 0.496 e. The average molecular weight is 413 g/mol. The van der Waals surface area contributed by atoms with Crippen molar-refractivity contribution in [3.8, 4) is 5.75 Å². The van der Waals surface area contributed by atoms with Gasteiger partial charge in [0.15, 0.2) is 5.50 Å². The Kier molecular flexibility index (Phi) is 5.87. The van der Waals surface area contributed by atoms with Crippen LogP contribution in [0.4, 0.5) is 13.2 Å². The predicted octanol–water partition coefficient (Wildman–Crippen LogP) is 3.62. The number of carbonyl (C=O) groups excluding carboxylic acids is 1. The number of nitrogens with zero attached hydrogens (tertiary/aromatic N) is 2. The molecule has 1 aromatic heterocycles. The third-order valence-electron chi connectivity index (χ3n) is 4.01. The Bertz CT molecular complexity index is 896. The van der Waals surface area contributed by atoms with Crippen molar-refractivity contribution >= 4 is 23.4 Å². The van der Waals surface area contributed by atoms with Crippen molar-refractivity contribution in [2.45, 2.75) is 18.6 Å². The lowest BCUT2D eigenvalue weighted by molar-refractivity contribution is -0.140. The van der Waals surface area contributed by atoms with Crippen LogP contribution in [-0.2, 0) is 15.7 Å². The number of rotatable bonds is 6. The Morgan fingerprint density at radius 1 is 1.36 bits per heavy atom. The fourth-order valence-electron chi connectivity index (χ4n) is 2.77. The van der Waals surface area contributed by atoms with Crippen molar-refractivity contribution in [2.75, 3.05) is 19.5 Å². The summed E-state index contributed by atoms with van der Waals surface area (Å²) < 4.78 is 50.9. The number of hydrogen-bond acceptors (Lipinski definition) is 6. The molecule has 10 heteroatoms. The van der Waals surface area contributed by atoms with Gasteiger partial charge >= 0.3 is 12.1 Å². The van der Waals surface area contributed by atoms with Crippen LogP contribution in [0.1, 0.15) is 29.2 Å². The van der Waals surface area contributed by atoms with Gasteiger partial charge in [0.05, 0.1) is 30.7 Å². The van der Waals surface area contributed by atoms with Gasteiger partial charge in [0.25, 0.3) is 0 Å². The standard InChI is InChI=1S/C18H18F3N3O3S/c1-3-27-15(25)10-28-17-23-22-16(13-5-4-8-24(13)17)12-7-6-11(18(19,20)21)9-14(12)26-2/h4-9,17,23H,3,10H2,1-2H3. The summed E-state index contributed by atoms with van der Waals surface area (Å²) in [6.45, 7) is 2.04. The fraction of sp³-hybridized carbons (Fsp3) is 0.333. The second-order valence-electron chi connectivity index (χ2n) is 5.77. The van der Waals surface area contributed by atoms with E-state index in [2.05, 4.69) is 10.5 Å². The molecule has 0 saturated heterocycles. The van der Waals surface area contributed by atoms with Gasteiger partial charge < -0.3 is 14.0 Å². The van der Waals surface area contributed by atoms with E-state index in [9.17, 15) is 18.0 Å². The molecule has 2 heterocycles. The number of carbonyl (C=O) groups is 1. The van der Waals surface area contributed by atoms with Gasteiger partial charge in [0.2, 0.25) is 0 Å². The molecule has 28 heavy (non-hydrogen) atoms. The van der Waals surface area contributed by atoms with Crippen molar-refractivity contribution in [1.82, 2.24) is 9.99 Å². The van der Waals surface area contributed by atoms with Crippen LogP contribution in [0.25, 0.3) is 0 Å². The molecule has 6 nitrogen and oxygen atoms in total. The zero-order chi connectivity index (χ0) is 20.3. The normalized spacial score (nSPS) is 16.0. The van der Waals surface area contributed by atoms with E-state index in [0.29, 0.717) is 23.6 Å². The molecule has 1 aliphatic heterocycles. The van der Waals surface area contributed by atoms with Gasteiger partial charge in [0.1, 0.15) is 11.5 Å². The van der Waals surface area contributed by atoms with Gasteiger partial charge in [-0.05, 0) is 37.3 Å². The van der Waals surface area contributed by atoms with Gasteiger partial charge in [-0.1, -0.05) is 0 Å². The average Bonchev–Trinajstić information content (AvgIpc) is 3.15. The van der Waals surface area contributed by atoms with Gasteiger partial charge in [0, 0.05) is 11.8 Å². The number of fused-ring (bicyclic) bond motifs is 1. The van der Waals surface area contributed by atoms with Crippen LogP contribution in [-0.4, -0.2) is 35.7 Å². The summed E-state index contributed by atoms with van der Waals surface area (Å²) in [5.74, 6) is -0.125. The number of hydrazone groups is 1. The molecule has 0 spiro atoms. The zero-order valence-electron chi connectivity index (χ0n) is 15.1. The number of halogens is 3. The minimum Gasteiger partial charge on any atom is -0.496 e. The number of esters is 1. The molecular weight excluding hydrogens is 395 g/mol. The van der Waals surface area contributed by atoms with Crippen molar-refractivity contribution in [3.05, 3.63) is 53.3 Å². The maximum Gasteiger partial charge on any atom is 0.416 e. The maximum atomic E-state index is 13.0. The van der Waals surface area contributed by atoms with Crippen LogP contribution in [0.3, 0.4) is 0 Å². The smallest absolute Gasteiger partial charge is 0.416 e. The van der Waals surface area contributed by atoms with Gasteiger partial charge in [-0.3, -0.25) is 10.2 Å². The van der Waals surface area contributed by atoms with Crippen LogP contribution in [0.15, 0.2) is 41.6 Å². The highest BCUT2D eigenvalue weighted by Crippen LogP contribution is 2.35. The quantitative estimate of drug-likeness (QED) is 0.733. The molecule has 1 N–H and O–H groups in total. The van der Waals surface area contributed by atoms with E-state index in [1.807, 2.05) is 4.57 Å². The summed E-state index contributed by atoms with van der Waals surface area (Å²) in [5, 5.41) is 4.33. The Morgan fingerprint density at radius 2 is 2.14 bits per heavy atom. The molecule has 1 aliphatic rings. The third-order valence-corrected chi connectivity index (χ3v) is 5.06. The molecule has 0 amide bonds. The minimum atomic E-state index is -4.46. The highest BCUT2D eigenvalue weighted by Gasteiger charge is 2.32. The van der Waals surface area contributed by atoms with E-state index in [1.54, 1.807) is 25.3 Å². The second kappa shape index (κ2) is 8.17. The highest BCUT2D eigenvalue weighted by atomic mass is 32.2. The van der Waals surface area contributed by atoms with E-state index in [1.165, 1.54) is 24.9 Å². The van der Waals surface area contributed by atoms with Crippen molar-refractivity contribution in [2.24, 2.45) is 5.10 Å². The molecule has 1 unspecified atom stereocenters. The first kappa shape index (κ1) is 20.1. The Balaban J connectivity index is 1.88. The van der Waals surface area contributed by atoms with Crippen LogP contribution >= 0.6 is 11.8 Å². The summed E-state index contributed by atoms with van der Waals surface area (Å²) in [6.07, 6.45) is -2.66. The van der Waals surface area contributed by atoms with Crippen molar-refractivity contribution in [3.63, 3.8) is 0 Å². The van der Waals surface area contributed by atoms with E-state index in [0.717, 1.165) is 12.1 Å². The summed E-state index contributed by atoms with van der Waals surface area (Å²) in [6, 6.07) is 6.88. The molecule has 150 valence electrons. The molecular formula is C18H18F3N3O3S. The van der Waals surface area contributed by atoms with Crippen LogP contribution < -0.4 is 10.2 Å². The summed E-state index contributed by atoms with van der Waals surface area (Å²) >= 11 is 1.30. The summed E-state index contributed by atoms with van der Waals surface area (Å²) in [4.78, 5) is 11.6. The number of nitrogens with one attached hydrogen (secondary N) is 1. The fourth-order valence-corrected chi connectivity index (χ4v) is 3.62. The molecule has 0 aliphatic carbocycles. The molecule has 0 bridgehead atoms. The number of ether oxygens (including phenoxy) is 2. The SMILES string of the molecule is CCOC(=O)CSC1NN=C(c2ccc(C(F)(F)F)cc2OC)c2cccn21. The molecule has 0 saturated carbocycles. The van der Waals surface area contributed by atoms with Crippen LogP contribution in [0.5, 0.6) is 5.75 Å². The molecule has 3 rings (SSSR count). The molecule has 2 aromatic rings. The lowest BCUT2D eigenvalue weighted by Gasteiger charge is -2.26. The Labute approximate surface area is 163 Å². The Hall–Kier alpha value is -2.62. The topological polar surface area (TPSA) is 64.8 Å². The molecule has 0 fully saturated rings. The number of aromatic nitrogens is 1. The first-order valence-corrected chi connectivity index (χ1v) is 9.43. The van der Waals surface area contributed by atoms with E-state index in [4.69, 9.17) is 9.47 Å². The first-order chi connectivity index (χ1) is 13.3. The van der Waals surface area contributed by atoms with Gasteiger partial charge in [-0.2, -0.15) is 18.3 Å². The minimum absolute atomic E-state index is 0.0701. The summed E-state index contributed by atoms with van der Waals surface area (Å²) in [7, 11) is 1.31. The first-order valence-electron chi connectivity index (χ1n) is 8.38.